The van der Waals surface area contributed by atoms with Crippen molar-refractivity contribution in [2.24, 2.45) is 5.92 Å². The van der Waals surface area contributed by atoms with Gasteiger partial charge in [-0.25, -0.2) is 0 Å². The number of hydrogen-bond acceptors (Lipinski definition) is 6. The zero-order valence-electron chi connectivity index (χ0n) is 12.2. The lowest BCUT2D eigenvalue weighted by Gasteiger charge is -2.33. The Kier molecular flexibility index (Phi) is 4.45. The van der Waals surface area contributed by atoms with Crippen LogP contribution in [-0.2, 0) is 11.0 Å². The second-order valence-corrected chi connectivity index (χ2v) is 6.90. The Balaban J connectivity index is 1.53. The molecule has 2 heterocycles. The summed E-state index contributed by atoms with van der Waals surface area (Å²) in [7, 11) is 0. The number of piperidine rings is 1. The number of aliphatic hydroxyl groups is 1. The molecule has 2 fully saturated rings. The molecule has 6 nitrogen and oxygen atoms in total. The fourth-order valence-electron chi connectivity index (χ4n) is 2.59. The van der Waals surface area contributed by atoms with Crippen molar-refractivity contribution in [1.29, 1.82) is 0 Å². The number of halogens is 3. The van der Waals surface area contributed by atoms with E-state index in [0.717, 1.165) is 12.8 Å². The van der Waals surface area contributed by atoms with Gasteiger partial charge in [0, 0.05) is 19.1 Å². The lowest BCUT2D eigenvalue weighted by Crippen LogP contribution is -2.45. The molecule has 2 aliphatic rings. The van der Waals surface area contributed by atoms with Gasteiger partial charge in [0.1, 0.15) is 6.10 Å². The van der Waals surface area contributed by atoms with Crippen LogP contribution in [0.4, 0.5) is 18.3 Å². The van der Waals surface area contributed by atoms with E-state index in [1.54, 1.807) is 4.90 Å². The molecular weight excluding hydrogens is 333 g/mol. The summed E-state index contributed by atoms with van der Waals surface area (Å²) in [6, 6.07) is 0.194. The van der Waals surface area contributed by atoms with E-state index in [0.29, 0.717) is 37.3 Å². The van der Waals surface area contributed by atoms with Crippen LogP contribution in [0.3, 0.4) is 0 Å². The Hall–Kier alpha value is -1.42. The molecule has 0 radical (unpaired) electrons. The molecule has 1 amide bonds. The second kappa shape index (κ2) is 6.23. The molecule has 2 N–H and O–H groups in total. The molecule has 128 valence electrons. The highest BCUT2D eigenvalue weighted by Gasteiger charge is 2.37. The number of hydrogen-bond donors (Lipinski definition) is 2. The zero-order chi connectivity index (χ0) is 16.6. The Morgan fingerprint density at radius 2 is 1.91 bits per heavy atom. The lowest BCUT2D eigenvalue weighted by molar-refractivity contribution is -0.138. The minimum Gasteiger partial charge on any atom is -0.383 e. The summed E-state index contributed by atoms with van der Waals surface area (Å²) < 4.78 is 37.6. The van der Waals surface area contributed by atoms with E-state index in [4.69, 9.17) is 0 Å². The van der Waals surface area contributed by atoms with Crippen molar-refractivity contribution in [3.63, 3.8) is 0 Å². The minimum absolute atomic E-state index is 0.181. The third-order valence-corrected chi connectivity index (χ3v) is 5.13. The summed E-state index contributed by atoms with van der Waals surface area (Å²) in [5.74, 6) is -0.527. The van der Waals surface area contributed by atoms with Crippen LogP contribution in [0.1, 0.15) is 30.7 Å². The van der Waals surface area contributed by atoms with Crippen molar-refractivity contribution < 1.29 is 23.1 Å². The van der Waals surface area contributed by atoms with E-state index < -0.39 is 17.3 Å². The van der Waals surface area contributed by atoms with Crippen molar-refractivity contribution in [1.82, 2.24) is 15.5 Å². The number of anilines is 1. The van der Waals surface area contributed by atoms with E-state index in [1.165, 1.54) is 0 Å². The van der Waals surface area contributed by atoms with Crippen LogP contribution in [0.5, 0.6) is 0 Å². The molecule has 23 heavy (non-hydrogen) atoms. The third-order valence-electron chi connectivity index (χ3n) is 4.11. The van der Waals surface area contributed by atoms with Crippen molar-refractivity contribution in [3.05, 3.63) is 5.01 Å². The van der Waals surface area contributed by atoms with E-state index in [-0.39, 0.29) is 23.0 Å². The first-order valence-corrected chi connectivity index (χ1v) is 8.30. The number of amides is 1. The standard InChI is InChI=1S/C13H17F3N4O2S/c14-13(15,16)11-18-19-12(23-11)20-5-3-7(4-6-20)9(21)10(22)17-8-1-2-8/h7-9,21H,1-6H2,(H,17,22). The Morgan fingerprint density at radius 3 is 2.43 bits per heavy atom. The van der Waals surface area contributed by atoms with Crippen molar-refractivity contribution in [2.75, 3.05) is 18.0 Å². The Bertz CT molecular complexity index is 568. The summed E-state index contributed by atoms with van der Waals surface area (Å²) >= 11 is 0.516. The molecule has 1 aromatic heterocycles. The minimum atomic E-state index is -4.48. The summed E-state index contributed by atoms with van der Waals surface area (Å²) in [6.45, 7) is 0.899. The molecule has 1 aromatic rings. The van der Waals surface area contributed by atoms with Crippen LogP contribution < -0.4 is 10.2 Å². The van der Waals surface area contributed by atoms with Gasteiger partial charge in [-0.05, 0) is 31.6 Å². The number of alkyl halides is 3. The maximum absolute atomic E-state index is 12.5. The first-order chi connectivity index (χ1) is 10.8. The van der Waals surface area contributed by atoms with Gasteiger partial charge in [0.05, 0.1) is 0 Å². The summed E-state index contributed by atoms with van der Waals surface area (Å²) in [5, 5.41) is 18.9. The Labute approximate surface area is 134 Å². The lowest BCUT2D eigenvalue weighted by atomic mass is 9.91. The third kappa shape index (κ3) is 3.92. The van der Waals surface area contributed by atoms with E-state index >= 15 is 0 Å². The van der Waals surface area contributed by atoms with Gasteiger partial charge in [0.15, 0.2) is 0 Å². The normalized spacial score (nSPS) is 21.3. The number of nitrogens with one attached hydrogen (secondary N) is 1. The number of aliphatic hydroxyl groups excluding tert-OH is 1. The predicted molar refractivity (Wildman–Crippen MR) is 77.0 cm³/mol. The number of rotatable bonds is 4. The van der Waals surface area contributed by atoms with Crippen LogP contribution in [-0.4, -0.2) is 46.4 Å². The molecule has 0 bridgehead atoms. The molecule has 1 aliphatic carbocycles. The molecule has 1 atom stereocenters. The first kappa shape index (κ1) is 16.4. The summed E-state index contributed by atoms with van der Waals surface area (Å²) in [6.07, 6.45) is -2.57. The monoisotopic (exact) mass is 350 g/mol. The molecular formula is C13H17F3N4O2S. The predicted octanol–water partition coefficient (Wildman–Crippen LogP) is 1.41. The quantitative estimate of drug-likeness (QED) is 0.859. The van der Waals surface area contributed by atoms with Crippen molar-refractivity contribution in [2.45, 2.75) is 44.0 Å². The van der Waals surface area contributed by atoms with Gasteiger partial charge in [0.2, 0.25) is 16.0 Å². The highest BCUT2D eigenvalue weighted by molar-refractivity contribution is 7.15. The maximum atomic E-state index is 12.5. The fourth-order valence-corrected chi connectivity index (χ4v) is 3.36. The van der Waals surface area contributed by atoms with Gasteiger partial charge in [0.25, 0.3) is 0 Å². The van der Waals surface area contributed by atoms with Crippen molar-refractivity contribution >= 4 is 22.4 Å². The highest BCUT2D eigenvalue weighted by Crippen LogP contribution is 2.35. The highest BCUT2D eigenvalue weighted by atomic mass is 32.1. The molecule has 1 saturated heterocycles. The topological polar surface area (TPSA) is 78.4 Å². The molecule has 1 aliphatic heterocycles. The van der Waals surface area contributed by atoms with Crippen molar-refractivity contribution in [3.8, 4) is 0 Å². The number of nitrogens with zero attached hydrogens (tertiary/aromatic N) is 3. The molecule has 1 saturated carbocycles. The van der Waals surface area contributed by atoms with Gasteiger partial charge in [-0.2, -0.15) is 13.2 Å². The van der Waals surface area contributed by atoms with Gasteiger partial charge in [-0.15, -0.1) is 10.2 Å². The molecule has 1 unspecified atom stereocenters. The number of aromatic nitrogens is 2. The number of carbonyl (C=O) groups excluding carboxylic acids is 1. The van der Waals surface area contributed by atoms with Gasteiger partial charge in [-0.1, -0.05) is 11.3 Å². The van der Waals surface area contributed by atoms with Gasteiger partial charge in [-0.3, -0.25) is 4.79 Å². The summed E-state index contributed by atoms with van der Waals surface area (Å²) in [4.78, 5) is 13.6. The first-order valence-electron chi connectivity index (χ1n) is 7.48. The second-order valence-electron chi connectivity index (χ2n) is 5.94. The van der Waals surface area contributed by atoms with Gasteiger partial charge < -0.3 is 15.3 Å². The van der Waals surface area contributed by atoms with Crippen LogP contribution in [0.25, 0.3) is 0 Å². The van der Waals surface area contributed by atoms with E-state index in [2.05, 4.69) is 15.5 Å². The Morgan fingerprint density at radius 1 is 1.26 bits per heavy atom. The average molecular weight is 350 g/mol. The molecule has 0 spiro atoms. The zero-order valence-corrected chi connectivity index (χ0v) is 13.0. The van der Waals surface area contributed by atoms with E-state index in [9.17, 15) is 23.1 Å². The fraction of sp³-hybridized carbons (Fsp3) is 0.769. The number of carbonyl (C=O) groups is 1. The van der Waals surface area contributed by atoms with E-state index in [1.807, 2.05) is 0 Å². The molecule has 3 rings (SSSR count). The average Bonchev–Trinajstić information content (AvgIpc) is 3.17. The smallest absolute Gasteiger partial charge is 0.383 e. The SMILES string of the molecule is O=C(NC1CC1)C(O)C1CCN(c2nnc(C(F)(F)F)s2)CC1. The van der Waals surface area contributed by atoms with Crippen LogP contribution in [0.2, 0.25) is 0 Å². The molecule has 10 heteroatoms. The summed E-state index contributed by atoms with van der Waals surface area (Å²) in [5.41, 5.74) is 0. The van der Waals surface area contributed by atoms with Crippen LogP contribution >= 0.6 is 11.3 Å². The van der Waals surface area contributed by atoms with Crippen LogP contribution in [0, 0.1) is 5.92 Å². The molecule has 0 aromatic carbocycles. The van der Waals surface area contributed by atoms with Gasteiger partial charge >= 0.3 is 6.18 Å². The van der Waals surface area contributed by atoms with Crippen LogP contribution in [0.15, 0.2) is 0 Å². The largest absolute Gasteiger partial charge is 0.445 e. The maximum Gasteiger partial charge on any atom is 0.445 e.